The Bertz CT molecular complexity index is 484. The Labute approximate surface area is 115 Å². The molecule has 110 valence electrons. The van der Waals surface area contributed by atoms with E-state index in [1.54, 1.807) is 24.3 Å². The Hall–Kier alpha value is -1.56. The smallest absolute Gasteiger partial charge is 0.330 e. The summed E-state index contributed by atoms with van der Waals surface area (Å²) in [6, 6.07) is 6.44. The van der Waals surface area contributed by atoms with Gasteiger partial charge < -0.3 is 10.6 Å². The van der Waals surface area contributed by atoms with Gasteiger partial charge in [-0.15, -0.1) is 0 Å². The number of carbonyl (C=O) groups excluding carboxylic acids is 1. The van der Waals surface area contributed by atoms with E-state index in [9.17, 15) is 18.0 Å². The van der Waals surface area contributed by atoms with E-state index in [0.717, 1.165) is 4.90 Å². The van der Waals surface area contributed by atoms with Crippen molar-refractivity contribution in [3.05, 3.63) is 35.4 Å². The van der Waals surface area contributed by atoms with Crippen LogP contribution in [0.4, 0.5) is 13.2 Å². The van der Waals surface area contributed by atoms with Crippen LogP contribution in [0.3, 0.4) is 0 Å². The largest absolute Gasteiger partial charge is 0.406 e. The van der Waals surface area contributed by atoms with Gasteiger partial charge in [0.15, 0.2) is 0 Å². The van der Waals surface area contributed by atoms with E-state index in [-0.39, 0.29) is 6.04 Å². The van der Waals surface area contributed by atoms with Gasteiger partial charge in [0.05, 0.1) is 0 Å². The van der Waals surface area contributed by atoms with Gasteiger partial charge in [-0.25, -0.2) is 0 Å². The molecule has 0 spiro atoms. The van der Waals surface area contributed by atoms with Gasteiger partial charge in [0, 0.05) is 11.6 Å². The molecule has 0 radical (unpaired) electrons. The zero-order valence-corrected chi connectivity index (χ0v) is 11.0. The molecule has 0 aromatic heterocycles. The van der Waals surface area contributed by atoms with Crippen molar-refractivity contribution in [2.75, 3.05) is 13.1 Å². The fourth-order valence-electron chi connectivity index (χ4n) is 2.20. The Kier molecular flexibility index (Phi) is 4.32. The number of carbonyl (C=O) groups is 1. The Balaban J connectivity index is 2.23. The van der Waals surface area contributed by atoms with Crippen molar-refractivity contribution < 1.29 is 18.0 Å². The number of nitrogens with zero attached hydrogens (tertiary/aromatic N) is 1. The van der Waals surface area contributed by atoms with Crippen LogP contribution >= 0.6 is 0 Å². The van der Waals surface area contributed by atoms with Crippen molar-refractivity contribution in [1.29, 1.82) is 0 Å². The highest BCUT2D eigenvalue weighted by Gasteiger charge is 2.41. The van der Waals surface area contributed by atoms with E-state index in [4.69, 9.17) is 5.73 Å². The van der Waals surface area contributed by atoms with Gasteiger partial charge in [-0.3, -0.25) is 4.79 Å². The van der Waals surface area contributed by atoms with Gasteiger partial charge in [-0.2, -0.15) is 13.2 Å². The van der Waals surface area contributed by atoms with Crippen molar-refractivity contribution in [2.45, 2.75) is 31.5 Å². The molecule has 2 N–H and O–H groups in total. The molecule has 2 rings (SSSR count). The van der Waals surface area contributed by atoms with Crippen LogP contribution in [0.15, 0.2) is 24.3 Å². The number of rotatable bonds is 5. The predicted molar refractivity (Wildman–Crippen MR) is 69.3 cm³/mol. The second-order valence-electron chi connectivity index (χ2n) is 4.98. The third-order valence-corrected chi connectivity index (χ3v) is 3.26. The molecular weight excluding hydrogens is 269 g/mol. The highest BCUT2D eigenvalue weighted by Crippen LogP contribution is 2.31. The van der Waals surface area contributed by atoms with Crippen molar-refractivity contribution in [2.24, 2.45) is 5.73 Å². The predicted octanol–water partition coefficient (Wildman–Crippen LogP) is 2.35. The van der Waals surface area contributed by atoms with Crippen LogP contribution in [-0.2, 0) is 6.42 Å². The molecule has 1 aliphatic carbocycles. The first-order valence-electron chi connectivity index (χ1n) is 6.58. The van der Waals surface area contributed by atoms with Crippen molar-refractivity contribution in [3.8, 4) is 0 Å². The quantitative estimate of drug-likeness (QED) is 0.903. The molecule has 6 heteroatoms. The monoisotopic (exact) mass is 286 g/mol. The highest BCUT2D eigenvalue weighted by atomic mass is 19.4. The second-order valence-corrected chi connectivity index (χ2v) is 4.98. The number of hydrogen-bond acceptors (Lipinski definition) is 2. The van der Waals surface area contributed by atoms with Gasteiger partial charge in [0.25, 0.3) is 5.91 Å². The first-order chi connectivity index (χ1) is 9.42. The molecule has 3 nitrogen and oxygen atoms in total. The van der Waals surface area contributed by atoms with Crippen molar-refractivity contribution in [1.82, 2.24) is 4.90 Å². The Morgan fingerprint density at radius 3 is 2.50 bits per heavy atom. The molecule has 0 unspecified atom stereocenters. The number of hydrogen-bond donors (Lipinski definition) is 1. The molecule has 1 aromatic rings. The zero-order valence-electron chi connectivity index (χ0n) is 11.0. The topological polar surface area (TPSA) is 46.3 Å². The standard InChI is InChI=1S/C14H17F3N2O/c15-14(16,17)9-19(11-5-6-11)13(20)12-4-2-1-3-10(12)7-8-18/h1-4,11H,5-9,18H2. The minimum Gasteiger partial charge on any atom is -0.330 e. The summed E-state index contributed by atoms with van der Waals surface area (Å²) in [6.07, 6.45) is -2.62. The summed E-state index contributed by atoms with van der Waals surface area (Å²) in [7, 11) is 0. The summed E-state index contributed by atoms with van der Waals surface area (Å²) in [5, 5.41) is 0. The maximum Gasteiger partial charge on any atom is 0.406 e. The van der Waals surface area contributed by atoms with Crippen molar-refractivity contribution >= 4 is 5.91 Å². The zero-order chi connectivity index (χ0) is 14.8. The number of amides is 1. The average Bonchev–Trinajstić information content (AvgIpc) is 3.19. The number of alkyl halides is 3. The first-order valence-corrected chi connectivity index (χ1v) is 6.58. The van der Waals surface area contributed by atoms with E-state index in [1.165, 1.54) is 0 Å². The summed E-state index contributed by atoms with van der Waals surface area (Å²) in [4.78, 5) is 13.3. The molecule has 0 atom stereocenters. The van der Waals surface area contributed by atoms with E-state index in [0.29, 0.717) is 36.9 Å². The molecule has 0 saturated heterocycles. The van der Waals surface area contributed by atoms with Crippen LogP contribution in [0.2, 0.25) is 0 Å². The van der Waals surface area contributed by atoms with Crippen LogP contribution in [0.5, 0.6) is 0 Å². The summed E-state index contributed by atoms with van der Waals surface area (Å²) in [6.45, 7) is -0.833. The summed E-state index contributed by atoms with van der Waals surface area (Å²) < 4.78 is 37.8. The summed E-state index contributed by atoms with van der Waals surface area (Å²) in [5.74, 6) is -0.547. The SMILES string of the molecule is NCCc1ccccc1C(=O)N(CC(F)(F)F)C1CC1. The minimum atomic E-state index is -4.37. The van der Waals surface area contributed by atoms with Crippen LogP contribution in [0.1, 0.15) is 28.8 Å². The van der Waals surface area contributed by atoms with Gasteiger partial charge in [0.2, 0.25) is 0 Å². The Morgan fingerprint density at radius 2 is 1.95 bits per heavy atom. The van der Waals surface area contributed by atoms with E-state index >= 15 is 0 Å². The fourth-order valence-corrected chi connectivity index (χ4v) is 2.20. The van der Waals surface area contributed by atoms with Gasteiger partial charge in [-0.1, -0.05) is 18.2 Å². The van der Waals surface area contributed by atoms with Gasteiger partial charge in [-0.05, 0) is 37.4 Å². The molecule has 20 heavy (non-hydrogen) atoms. The number of halogens is 3. The molecule has 0 aliphatic heterocycles. The van der Waals surface area contributed by atoms with Crippen molar-refractivity contribution in [3.63, 3.8) is 0 Å². The van der Waals surface area contributed by atoms with Gasteiger partial charge in [0.1, 0.15) is 6.54 Å². The lowest BCUT2D eigenvalue weighted by Crippen LogP contribution is -2.40. The fraction of sp³-hybridized carbons (Fsp3) is 0.500. The highest BCUT2D eigenvalue weighted by molar-refractivity contribution is 5.96. The summed E-state index contributed by atoms with van der Waals surface area (Å²) >= 11 is 0. The minimum absolute atomic E-state index is 0.282. The van der Waals surface area contributed by atoms with Crippen LogP contribution in [-0.4, -0.2) is 36.1 Å². The summed E-state index contributed by atoms with van der Waals surface area (Å²) in [5.41, 5.74) is 6.50. The van der Waals surface area contributed by atoms with E-state index in [1.807, 2.05) is 0 Å². The molecular formula is C14H17F3N2O. The lowest BCUT2D eigenvalue weighted by molar-refractivity contribution is -0.141. The maximum atomic E-state index is 12.6. The van der Waals surface area contributed by atoms with Gasteiger partial charge >= 0.3 is 6.18 Å². The first kappa shape index (κ1) is 14.8. The van der Waals surface area contributed by atoms with Crippen LogP contribution in [0.25, 0.3) is 0 Å². The lowest BCUT2D eigenvalue weighted by Gasteiger charge is -2.24. The molecule has 1 amide bonds. The maximum absolute atomic E-state index is 12.6. The molecule has 0 bridgehead atoms. The normalized spacial score (nSPS) is 15.2. The third-order valence-electron chi connectivity index (χ3n) is 3.26. The lowest BCUT2D eigenvalue weighted by atomic mass is 10.0. The van der Waals surface area contributed by atoms with Crippen LogP contribution < -0.4 is 5.73 Å². The molecule has 1 aromatic carbocycles. The molecule has 0 heterocycles. The number of benzene rings is 1. The molecule has 1 aliphatic rings. The number of nitrogens with two attached hydrogens (primary N) is 1. The van der Waals surface area contributed by atoms with Crippen LogP contribution in [0, 0.1) is 0 Å². The molecule has 1 saturated carbocycles. The van der Waals surface area contributed by atoms with E-state index < -0.39 is 18.6 Å². The third kappa shape index (κ3) is 3.72. The average molecular weight is 286 g/mol. The van der Waals surface area contributed by atoms with E-state index in [2.05, 4.69) is 0 Å². The Morgan fingerprint density at radius 1 is 1.30 bits per heavy atom. The molecule has 1 fully saturated rings. The second kappa shape index (κ2) is 5.83.